The van der Waals surface area contributed by atoms with Crippen molar-refractivity contribution in [2.45, 2.75) is 4.95 Å². The Morgan fingerprint density at radius 3 is 3.21 bits per heavy atom. The first-order valence-electron chi connectivity index (χ1n) is 4.48. The summed E-state index contributed by atoms with van der Waals surface area (Å²) in [6.45, 7) is 2.20. The fraction of sp³-hybridized carbons (Fsp3) is 0.444. The molecular weight excluding hydrogens is 246 g/mol. The average molecular weight is 258 g/mol. The minimum atomic E-state index is 0.161. The summed E-state index contributed by atoms with van der Waals surface area (Å²) >= 11 is 3.53. The lowest BCUT2D eigenvalue weighted by Crippen LogP contribution is -2.42. The Morgan fingerprint density at radius 2 is 2.50 bits per heavy atom. The van der Waals surface area contributed by atoms with Crippen molar-refractivity contribution in [3.63, 3.8) is 0 Å². The number of nitrogens with two attached hydrogens (primary N) is 1. The van der Waals surface area contributed by atoms with Gasteiger partial charge in [-0.05, 0) is 12.1 Å². The van der Waals surface area contributed by atoms with Crippen molar-refractivity contribution in [2.24, 2.45) is 0 Å². The molecule has 1 unspecified atom stereocenters. The number of nitrogen functional groups attached to an aromatic ring is 1. The lowest BCUT2D eigenvalue weighted by molar-refractivity contribution is 0.116. The molecule has 0 aliphatic carbocycles. The van der Waals surface area contributed by atoms with Gasteiger partial charge in [-0.25, -0.2) is 4.98 Å². The summed E-state index contributed by atoms with van der Waals surface area (Å²) in [6.07, 6.45) is 1.75. The van der Waals surface area contributed by atoms with Crippen LogP contribution in [-0.4, -0.2) is 29.7 Å². The molecule has 1 fully saturated rings. The molecule has 1 saturated heterocycles. The fourth-order valence-electron chi connectivity index (χ4n) is 1.46. The Hall–Kier alpha value is -0.810. The fourth-order valence-corrected chi connectivity index (χ4v) is 2.05. The van der Waals surface area contributed by atoms with Crippen molar-refractivity contribution < 1.29 is 4.74 Å². The molecule has 1 aromatic rings. The smallest absolute Gasteiger partial charge is 0.152 e. The Bertz CT molecular complexity index is 321. The number of aromatic nitrogens is 1. The molecule has 0 amide bonds. The number of hydrogen-bond acceptors (Lipinski definition) is 4. The van der Waals surface area contributed by atoms with Crippen molar-refractivity contribution in [3.05, 3.63) is 18.3 Å². The second kappa shape index (κ2) is 4.14. The van der Waals surface area contributed by atoms with Crippen LogP contribution in [0, 0.1) is 0 Å². The zero-order chi connectivity index (χ0) is 9.97. The first-order valence-corrected chi connectivity index (χ1v) is 5.39. The molecule has 1 aliphatic rings. The molecule has 0 radical (unpaired) electrons. The van der Waals surface area contributed by atoms with Crippen molar-refractivity contribution >= 4 is 27.4 Å². The maximum Gasteiger partial charge on any atom is 0.152 e. The van der Waals surface area contributed by atoms with E-state index in [1.165, 1.54) is 0 Å². The van der Waals surface area contributed by atoms with Gasteiger partial charge < -0.3 is 15.4 Å². The van der Waals surface area contributed by atoms with Gasteiger partial charge in [0.1, 0.15) is 4.95 Å². The summed E-state index contributed by atoms with van der Waals surface area (Å²) < 4.78 is 5.32. The minimum Gasteiger partial charge on any atom is -0.396 e. The quantitative estimate of drug-likeness (QED) is 0.608. The zero-order valence-corrected chi connectivity index (χ0v) is 9.27. The van der Waals surface area contributed by atoms with E-state index in [4.69, 9.17) is 10.5 Å². The molecule has 76 valence electrons. The third kappa shape index (κ3) is 1.83. The van der Waals surface area contributed by atoms with Crippen LogP contribution in [0.3, 0.4) is 0 Å². The van der Waals surface area contributed by atoms with Gasteiger partial charge in [-0.15, -0.1) is 0 Å². The van der Waals surface area contributed by atoms with Gasteiger partial charge in [-0.2, -0.15) is 0 Å². The van der Waals surface area contributed by atoms with Crippen LogP contribution in [0.2, 0.25) is 0 Å². The standard InChI is InChI=1S/C9H12BrN3O/c10-8-6-14-5-4-13(8)9-7(11)2-1-3-12-9/h1-3,8H,4-6,11H2. The van der Waals surface area contributed by atoms with Crippen LogP contribution in [0.4, 0.5) is 11.5 Å². The molecule has 4 nitrogen and oxygen atoms in total. The molecule has 0 aromatic carbocycles. The number of alkyl halides is 1. The van der Waals surface area contributed by atoms with Gasteiger partial charge in [0.05, 0.1) is 18.9 Å². The molecule has 1 atom stereocenters. The van der Waals surface area contributed by atoms with Gasteiger partial charge in [-0.3, -0.25) is 0 Å². The summed E-state index contributed by atoms with van der Waals surface area (Å²) in [5.41, 5.74) is 6.56. The van der Waals surface area contributed by atoms with E-state index >= 15 is 0 Å². The maximum absolute atomic E-state index is 5.85. The third-order valence-electron chi connectivity index (χ3n) is 2.16. The van der Waals surface area contributed by atoms with E-state index in [0.29, 0.717) is 12.3 Å². The molecule has 14 heavy (non-hydrogen) atoms. The van der Waals surface area contributed by atoms with E-state index in [1.807, 2.05) is 12.1 Å². The summed E-state index contributed by atoms with van der Waals surface area (Å²) in [5, 5.41) is 0. The molecule has 2 N–H and O–H groups in total. The minimum absolute atomic E-state index is 0.161. The monoisotopic (exact) mass is 257 g/mol. The van der Waals surface area contributed by atoms with E-state index < -0.39 is 0 Å². The van der Waals surface area contributed by atoms with E-state index in [1.54, 1.807) is 6.20 Å². The van der Waals surface area contributed by atoms with Gasteiger partial charge in [-0.1, -0.05) is 15.9 Å². The first kappa shape index (κ1) is 9.73. The SMILES string of the molecule is Nc1cccnc1N1CCOCC1Br. The Kier molecular flexibility index (Phi) is 2.88. The largest absolute Gasteiger partial charge is 0.396 e. The highest BCUT2D eigenvalue weighted by atomic mass is 79.9. The van der Waals surface area contributed by atoms with Crippen LogP contribution in [-0.2, 0) is 4.74 Å². The molecule has 0 spiro atoms. The highest BCUT2D eigenvalue weighted by molar-refractivity contribution is 9.09. The number of halogens is 1. The van der Waals surface area contributed by atoms with E-state index in [9.17, 15) is 0 Å². The van der Waals surface area contributed by atoms with Crippen LogP contribution in [0.1, 0.15) is 0 Å². The van der Waals surface area contributed by atoms with Gasteiger partial charge >= 0.3 is 0 Å². The Labute approximate surface area is 91.2 Å². The van der Waals surface area contributed by atoms with Gasteiger partial charge in [0.15, 0.2) is 5.82 Å². The van der Waals surface area contributed by atoms with Crippen LogP contribution >= 0.6 is 15.9 Å². The molecule has 0 saturated carbocycles. The van der Waals surface area contributed by atoms with E-state index in [2.05, 4.69) is 25.8 Å². The average Bonchev–Trinajstić information content (AvgIpc) is 2.20. The number of anilines is 2. The lowest BCUT2D eigenvalue weighted by atomic mass is 10.3. The van der Waals surface area contributed by atoms with Crippen LogP contribution in [0.5, 0.6) is 0 Å². The second-order valence-corrected chi connectivity index (χ2v) is 4.18. The summed E-state index contributed by atoms with van der Waals surface area (Å²) in [4.78, 5) is 6.54. The van der Waals surface area contributed by atoms with Crippen molar-refractivity contribution in [1.82, 2.24) is 4.98 Å². The maximum atomic E-state index is 5.85. The van der Waals surface area contributed by atoms with E-state index in [-0.39, 0.29) is 4.95 Å². The van der Waals surface area contributed by atoms with Crippen LogP contribution in [0.15, 0.2) is 18.3 Å². The summed E-state index contributed by atoms with van der Waals surface area (Å²) in [7, 11) is 0. The number of nitrogens with zero attached hydrogens (tertiary/aromatic N) is 2. The van der Waals surface area contributed by atoms with Crippen LogP contribution in [0.25, 0.3) is 0 Å². The Balaban J connectivity index is 2.25. The molecule has 1 aliphatic heterocycles. The van der Waals surface area contributed by atoms with Crippen molar-refractivity contribution in [2.75, 3.05) is 30.4 Å². The van der Waals surface area contributed by atoms with Gasteiger partial charge in [0, 0.05) is 12.7 Å². The predicted octanol–water partition coefficient (Wildman–Crippen LogP) is 1.22. The highest BCUT2D eigenvalue weighted by Gasteiger charge is 2.22. The number of rotatable bonds is 1. The molecule has 2 heterocycles. The van der Waals surface area contributed by atoms with Crippen molar-refractivity contribution in [1.29, 1.82) is 0 Å². The predicted molar refractivity (Wildman–Crippen MR) is 59.5 cm³/mol. The molecular formula is C9H12BrN3O. The molecule has 2 rings (SSSR count). The summed E-state index contributed by atoms with van der Waals surface area (Å²) in [6, 6.07) is 3.69. The number of ether oxygens (including phenoxy) is 1. The lowest BCUT2D eigenvalue weighted by Gasteiger charge is -2.33. The zero-order valence-electron chi connectivity index (χ0n) is 7.69. The first-order chi connectivity index (χ1) is 6.79. The molecule has 0 bridgehead atoms. The Morgan fingerprint density at radius 1 is 1.64 bits per heavy atom. The van der Waals surface area contributed by atoms with Crippen molar-refractivity contribution in [3.8, 4) is 0 Å². The summed E-state index contributed by atoms with van der Waals surface area (Å²) in [5.74, 6) is 0.831. The number of morpholine rings is 1. The van der Waals surface area contributed by atoms with Crippen LogP contribution < -0.4 is 10.6 Å². The van der Waals surface area contributed by atoms with E-state index in [0.717, 1.165) is 19.0 Å². The number of pyridine rings is 1. The second-order valence-electron chi connectivity index (χ2n) is 3.12. The normalized spacial score (nSPS) is 22.4. The van der Waals surface area contributed by atoms with Gasteiger partial charge in [0.2, 0.25) is 0 Å². The highest BCUT2D eigenvalue weighted by Crippen LogP contribution is 2.25. The third-order valence-corrected chi connectivity index (χ3v) is 2.92. The molecule has 5 heteroatoms. The molecule has 1 aromatic heterocycles. The topological polar surface area (TPSA) is 51.4 Å². The van der Waals surface area contributed by atoms with Gasteiger partial charge in [0.25, 0.3) is 0 Å². The number of hydrogen-bond donors (Lipinski definition) is 1.